The molecule has 0 aromatic carbocycles. The molecule has 6 atom stereocenters. The molecule has 3 saturated carbocycles. The topological polar surface area (TPSA) is 80.9 Å². The predicted molar refractivity (Wildman–Crippen MR) is 97.8 cm³/mol. The Bertz CT molecular complexity index is 578. The molecule has 0 bridgehead atoms. The number of aliphatic hydroxyl groups excluding tert-OH is 4. The van der Waals surface area contributed by atoms with Crippen molar-refractivity contribution in [2.75, 3.05) is 6.61 Å². The lowest BCUT2D eigenvalue weighted by Crippen LogP contribution is -2.43. The first kappa shape index (κ1) is 18.8. The summed E-state index contributed by atoms with van der Waals surface area (Å²) < 4.78 is 0. The van der Waals surface area contributed by atoms with Crippen molar-refractivity contribution in [1.82, 2.24) is 0 Å². The molecule has 3 fully saturated rings. The van der Waals surface area contributed by atoms with Crippen molar-refractivity contribution >= 4 is 0 Å². The summed E-state index contributed by atoms with van der Waals surface area (Å²) in [7, 11) is 0. The van der Waals surface area contributed by atoms with E-state index in [4.69, 9.17) is 0 Å². The zero-order chi connectivity index (χ0) is 18.2. The Kier molecular flexibility index (Phi) is 5.54. The molecule has 0 unspecified atom stereocenters. The van der Waals surface area contributed by atoms with Gasteiger partial charge in [-0.2, -0.15) is 0 Å². The van der Waals surface area contributed by atoms with E-state index < -0.39 is 12.2 Å². The van der Waals surface area contributed by atoms with Crippen LogP contribution in [0, 0.1) is 17.3 Å². The molecule has 0 radical (unpaired) electrons. The predicted octanol–water partition coefficient (Wildman–Crippen LogP) is 2.48. The van der Waals surface area contributed by atoms with Gasteiger partial charge in [0.2, 0.25) is 0 Å². The molecule has 0 amide bonds. The highest BCUT2D eigenvalue weighted by Gasteiger charge is 2.53. The molecule has 3 aliphatic carbocycles. The molecule has 0 aliphatic heterocycles. The van der Waals surface area contributed by atoms with Gasteiger partial charge in [0.1, 0.15) is 0 Å². The smallest absolute Gasteiger partial charge is 0.0804 e. The van der Waals surface area contributed by atoms with E-state index in [1.807, 2.05) is 0 Å². The van der Waals surface area contributed by atoms with Crippen LogP contribution in [0.25, 0.3) is 0 Å². The molecule has 4 N–H and O–H groups in total. The molecule has 25 heavy (non-hydrogen) atoms. The second-order valence-electron chi connectivity index (χ2n) is 8.49. The third-order valence-electron chi connectivity index (χ3n) is 6.84. The van der Waals surface area contributed by atoms with Crippen LogP contribution in [0.3, 0.4) is 0 Å². The Morgan fingerprint density at radius 2 is 1.92 bits per heavy atom. The van der Waals surface area contributed by atoms with Crippen molar-refractivity contribution in [1.29, 1.82) is 0 Å². The number of rotatable bonds is 3. The van der Waals surface area contributed by atoms with Crippen LogP contribution in [0.2, 0.25) is 0 Å². The van der Waals surface area contributed by atoms with E-state index in [1.54, 1.807) is 0 Å². The summed E-state index contributed by atoms with van der Waals surface area (Å²) >= 11 is 0. The Morgan fingerprint density at radius 1 is 1.16 bits per heavy atom. The lowest BCUT2D eigenvalue weighted by atomic mass is 9.61. The van der Waals surface area contributed by atoms with Crippen molar-refractivity contribution in [2.24, 2.45) is 17.3 Å². The molecule has 4 heteroatoms. The van der Waals surface area contributed by atoms with E-state index in [-0.39, 0.29) is 24.0 Å². The minimum Gasteiger partial charge on any atom is -0.394 e. The first-order valence-corrected chi connectivity index (χ1v) is 9.58. The van der Waals surface area contributed by atoms with Gasteiger partial charge in [-0.1, -0.05) is 36.8 Å². The Hall–Kier alpha value is -0.940. The fourth-order valence-corrected chi connectivity index (χ4v) is 5.50. The van der Waals surface area contributed by atoms with Crippen LogP contribution in [0.1, 0.15) is 51.9 Å². The summed E-state index contributed by atoms with van der Waals surface area (Å²) in [6.45, 7) is 6.05. The molecule has 0 heterocycles. The quantitative estimate of drug-likeness (QED) is 0.632. The van der Waals surface area contributed by atoms with Gasteiger partial charge in [-0.25, -0.2) is 0 Å². The first-order valence-electron chi connectivity index (χ1n) is 9.58. The van der Waals surface area contributed by atoms with Gasteiger partial charge in [-0.3, -0.25) is 0 Å². The molecule has 140 valence electrons. The minimum absolute atomic E-state index is 0.0278. The van der Waals surface area contributed by atoms with Gasteiger partial charge < -0.3 is 20.4 Å². The molecule has 0 saturated heterocycles. The van der Waals surface area contributed by atoms with Crippen molar-refractivity contribution in [3.05, 3.63) is 35.5 Å². The lowest BCUT2D eigenvalue weighted by molar-refractivity contribution is -0.0366. The van der Waals surface area contributed by atoms with Gasteiger partial charge in [0.25, 0.3) is 0 Å². The highest BCUT2D eigenvalue weighted by atomic mass is 16.3. The van der Waals surface area contributed by atoms with Gasteiger partial charge in [0.05, 0.1) is 24.9 Å². The van der Waals surface area contributed by atoms with Crippen LogP contribution in [0.5, 0.6) is 0 Å². The second-order valence-corrected chi connectivity index (χ2v) is 8.49. The summed E-state index contributed by atoms with van der Waals surface area (Å²) in [4.78, 5) is 0. The average Bonchev–Trinajstić information content (AvgIpc) is 2.91. The highest BCUT2D eigenvalue weighted by Crippen LogP contribution is 2.58. The van der Waals surface area contributed by atoms with E-state index >= 15 is 0 Å². The van der Waals surface area contributed by atoms with Crippen LogP contribution < -0.4 is 0 Å². The first-order chi connectivity index (χ1) is 11.8. The zero-order valence-electron chi connectivity index (χ0n) is 15.2. The maximum Gasteiger partial charge on any atom is 0.0804 e. The number of hydrogen-bond acceptors (Lipinski definition) is 4. The molecule has 3 aliphatic rings. The zero-order valence-corrected chi connectivity index (χ0v) is 15.2. The van der Waals surface area contributed by atoms with Crippen molar-refractivity contribution in [2.45, 2.75) is 70.2 Å². The van der Waals surface area contributed by atoms with E-state index in [9.17, 15) is 20.4 Å². The Morgan fingerprint density at radius 3 is 2.64 bits per heavy atom. The van der Waals surface area contributed by atoms with E-state index in [2.05, 4.69) is 25.7 Å². The second kappa shape index (κ2) is 7.36. The van der Waals surface area contributed by atoms with Crippen LogP contribution in [-0.4, -0.2) is 45.3 Å². The highest BCUT2D eigenvalue weighted by molar-refractivity contribution is 5.36. The SMILES string of the molecule is C=C1CC[C@@H](O)C/C1=C/C=C1\C[C@@H](O)C[C@]2(C)[C@@H]([C@@H](O)CO)CC[C@@H]12. The molecular weight excluding hydrogens is 316 g/mol. The van der Waals surface area contributed by atoms with Gasteiger partial charge in [0, 0.05) is 0 Å². The normalized spacial score (nSPS) is 43.5. The summed E-state index contributed by atoms with van der Waals surface area (Å²) in [6.07, 6.45) is 8.29. The van der Waals surface area contributed by atoms with Crippen LogP contribution in [-0.2, 0) is 0 Å². The van der Waals surface area contributed by atoms with Crippen LogP contribution in [0.4, 0.5) is 0 Å². The molecule has 0 aromatic rings. The summed E-state index contributed by atoms with van der Waals surface area (Å²) in [5.74, 6) is 0.362. The summed E-state index contributed by atoms with van der Waals surface area (Å²) in [6, 6.07) is 0. The van der Waals surface area contributed by atoms with Gasteiger partial charge in [0.15, 0.2) is 0 Å². The minimum atomic E-state index is -0.715. The van der Waals surface area contributed by atoms with Crippen molar-refractivity contribution in [3.8, 4) is 0 Å². The molecule has 3 rings (SSSR count). The van der Waals surface area contributed by atoms with Gasteiger partial charge in [-0.15, -0.1) is 0 Å². The molecule has 0 aromatic heterocycles. The van der Waals surface area contributed by atoms with Gasteiger partial charge in [-0.05, 0) is 67.8 Å². The molecule has 0 spiro atoms. The number of allylic oxidation sites excluding steroid dienone is 3. The van der Waals surface area contributed by atoms with Gasteiger partial charge >= 0.3 is 0 Å². The Labute approximate surface area is 150 Å². The fourth-order valence-electron chi connectivity index (χ4n) is 5.50. The van der Waals surface area contributed by atoms with E-state index in [1.165, 1.54) is 5.57 Å². The molecular formula is C21H32O4. The van der Waals surface area contributed by atoms with E-state index in [0.717, 1.165) is 36.8 Å². The third-order valence-corrected chi connectivity index (χ3v) is 6.84. The third kappa shape index (κ3) is 3.63. The summed E-state index contributed by atoms with van der Waals surface area (Å²) in [5.41, 5.74) is 3.27. The van der Waals surface area contributed by atoms with Crippen molar-refractivity contribution in [3.63, 3.8) is 0 Å². The summed E-state index contributed by atoms with van der Waals surface area (Å²) in [5, 5.41) is 39.9. The van der Waals surface area contributed by atoms with Crippen LogP contribution in [0.15, 0.2) is 35.5 Å². The van der Waals surface area contributed by atoms with Crippen molar-refractivity contribution < 1.29 is 20.4 Å². The van der Waals surface area contributed by atoms with E-state index in [0.29, 0.717) is 25.2 Å². The number of aliphatic hydroxyl groups is 4. The monoisotopic (exact) mass is 348 g/mol. The number of hydrogen-bond donors (Lipinski definition) is 4. The fraction of sp³-hybridized carbons (Fsp3) is 0.714. The Balaban J connectivity index is 1.85. The maximum absolute atomic E-state index is 10.4. The maximum atomic E-state index is 10.4. The largest absolute Gasteiger partial charge is 0.394 e. The average molecular weight is 348 g/mol. The standard InChI is InChI=1S/C21H32O4/c1-13-3-6-16(23)9-14(13)4-5-15-10-17(24)11-21(2)18(15)7-8-19(21)20(25)12-22/h4-5,16-20,22-25H,1,3,6-12H2,2H3/b14-4-,15-5+/t16-,17-,18+,19-,20+,21+/m1/s1. The molecule has 4 nitrogen and oxygen atoms in total. The lowest BCUT2D eigenvalue weighted by Gasteiger charge is -2.45. The number of fused-ring (bicyclic) bond motifs is 1. The van der Waals surface area contributed by atoms with Crippen LogP contribution >= 0.6 is 0 Å².